The number of benzene rings is 1. The summed E-state index contributed by atoms with van der Waals surface area (Å²) in [5, 5.41) is 21.2. The van der Waals surface area contributed by atoms with Crippen molar-refractivity contribution < 1.29 is 34.1 Å². The Morgan fingerprint density at radius 3 is 2.63 bits per heavy atom. The van der Waals surface area contributed by atoms with E-state index in [1.165, 1.54) is 10.4 Å². The molecule has 1 aliphatic heterocycles. The summed E-state index contributed by atoms with van der Waals surface area (Å²) in [6.45, 7) is -0.736. The van der Waals surface area contributed by atoms with Crippen molar-refractivity contribution in [2.24, 2.45) is 0 Å². The molecule has 0 aliphatic carbocycles. The number of halogens is 1. The van der Waals surface area contributed by atoms with E-state index in [2.05, 4.69) is 26.0 Å². The van der Waals surface area contributed by atoms with Crippen LogP contribution in [0.15, 0.2) is 24.3 Å². The molecule has 1 fully saturated rings. The van der Waals surface area contributed by atoms with Crippen LogP contribution in [0.1, 0.15) is 5.56 Å². The largest absolute Gasteiger partial charge is 0.508 e. The van der Waals surface area contributed by atoms with Gasteiger partial charge in [-0.15, -0.1) is 0 Å². The van der Waals surface area contributed by atoms with Crippen LogP contribution in [0, 0.1) is 0 Å². The zero-order valence-electron chi connectivity index (χ0n) is 14.0. The molecule has 1 saturated heterocycles. The minimum atomic E-state index is -1.26. The topological polar surface area (TPSA) is 133 Å². The summed E-state index contributed by atoms with van der Waals surface area (Å²) in [6.07, 6.45) is -0.0693. The van der Waals surface area contributed by atoms with E-state index >= 15 is 0 Å². The lowest BCUT2D eigenvalue weighted by atomic mass is 10.0. The van der Waals surface area contributed by atoms with Gasteiger partial charge in [-0.25, -0.2) is 4.79 Å². The van der Waals surface area contributed by atoms with E-state index in [1.807, 2.05) is 0 Å². The number of carbonyl (C=O) groups is 4. The first kappa shape index (κ1) is 21.0. The second kappa shape index (κ2) is 9.60. The van der Waals surface area contributed by atoms with Crippen LogP contribution in [0.4, 0.5) is 0 Å². The molecule has 0 aromatic heterocycles. The summed E-state index contributed by atoms with van der Waals surface area (Å²) in [5.41, 5.74) is 0.449. The molecule has 9 nitrogen and oxygen atoms in total. The molecule has 0 saturated carbocycles. The molecule has 2 amide bonds. The van der Waals surface area contributed by atoms with Crippen molar-refractivity contribution in [3.05, 3.63) is 29.8 Å². The number of alkyl halides is 1. The Balaban J connectivity index is 1.84. The number of esters is 1. The Labute approximate surface area is 167 Å². The number of carbonyl (C=O) groups excluding carboxylic acids is 3. The van der Waals surface area contributed by atoms with E-state index in [-0.39, 0.29) is 29.9 Å². The van der Waals surface area contributed by atoms with Crippen molar-refractivity contribution in [1.82, 2.24) is 9.62 Å². The van der Waals surface area contributed by atoms with Crippen LogP contribution in [0.5, 0.6) is 5.75 Å². The number of hydrogen-bond donors (Lipinski definition) is 3. The first-order valence-electron chi connectivity index (χ1n) is 7.79. The van der Waals surface area contributed by atoms with E-state index in [1.54, 1.807) is 18.2 Å². The quantitative estimate of drug-likeness (QED) is 0.207. The van der Waals surface area contributed by atoms with Crippen LogP contribution in [0.2, 0.25) is 0 Å². The molecule has 11 heteroatoms. The average Bonchev–Trinajstić information content (AvgIpc) is 2.63. The third-order valence-corrected chi connectivity index (χ3v) is 5.42. The van der Waals surface area contributed by atoms with Crippen LogP contribution in [-0.4, -0.2) is 68.0 Å². The number of amides is 2. The van der Waals surface area contributed by atoms with Crippen LogP contribution < -0.4 is 5.32 Å². The summed E-state index contributed by atoms with van der Waals surface area (Å²) < 4.78 is 5.83. The number of rotatable bonds is 9. The van der Waals surface area contributed by atoms with E-state index < -0.39 is 30.5 Å². The predicted octanol–water partition coefficient (Wildman–Crippen LogP) is 0.301. The normalized spacial score (nSPS) is 18.6. The molecule has 27 heavy (non-hydrogen) atoms. The molecule has 0 bridgehead atoms. The number of nitrogens with one attached hydrogen (secondary N) is 1. The van der Waals surface area contributed by atoms with Crippen molar-refractivity contribution in [1.29, 1.82) is 0 Å². The molecule has 0 radical (unpaired) electrons. The van der Waals surface area contributed by atoms with Gasteiger partial charge >= 0.3 is 11.9 Å². The van der Waals surface area contributed by atoms with Gasteiger partial charge in [0.25, 0.3) is 5.91 Å². The van der Waals surface area contributed by atoms with Gasteiger partial charge < -0.3 is 20.3 Å². The fourth-order valence-electron chi connectivity index (χ4n) is 2.35. The third-order valence-electron chi connectivity index (χ3n) is 3.66. The van der Waals surface area contributed by atoms with E-state index in [4.69, 9.17) is 5.11 Å². The lowest BCUT2D eigenvalue weighted by molar-refractivity contribution is -0.153. The summed E-state index contributed by atoms with van der Waals surface area (Å²) >= 11 is 4.16. The highest BCUT2D eigenvalue weighted by atomic mass is 79.9. The van der Waals surface area contributed by atoms with E-state index in [9.17, 15) is 24.3 Å². The van der Waals surface area contributed by atoms with Crippen LogP contribution in [-0.2, 0) is 30.3 Å². The molecule has 1 aromatic carbocycles. The summed E-state index contributed by atoms with van der Waals surface area (Å²) in [4.78, 5) is 46.2. The van der Waals surface area contributed by atoms with Gasteiger partial charge in [0.05, 0.1) is 12.5 Å². The molecule has 1 aromatic rings. The maximum Gasteiger partial charge on any atom is 0.341 e. The highest BCUT2D eigenvalue weighted by molar-refractivity contribution is 9.09. The fraction of sp³-hybridized carbons (Fsp3) is 0.375. The molecule has 2 unspecified atom stereocenters. The number of hydrogen-bond acceptors (Lipinski definition) is 7. The Kier molecular flexibility index (Phi) is 7.48. The van der Waals surface area contributed by atoms with Crippen LogP contribution in [0.3, 0.4) is 0 Å². The molecule has 2 rings (SSSR count). The number of β-lactam (4-membered cyclic amide) rings is 1. The van der Waals surface area contributed by atoms with Gasteiger partial charge in [0.2, 0.25) is 5.91 Å². The van der Waals surface area contributed by atoms with E-state index in [0.29, 0.717) is 10.9 Å². The number of nitrogens with zero attached hydrogens (tertiary/aromatic N) is 1. The van der Waals surface area contributed by atoms with Crippen LogP contribution in [0.25, 0.3) is 0 Å². The molecule has 2 atom stereocenters. The van der Waals surface area contributed by atoms with Crippen molar-refractivity contribution in [3.63, 3.8) is 0 Å². The van der Waals surface area contributed by atoms with Crippen molar-refractivity contribution >= 4 is 51.6 Å². The third kappa shape index (κ3) is 5.60. The fourth-order valence-corrected chi connectivity index (χ4v) is 4.16. The Morgan fingerprint density at radius 1 is 1.30 bits per heavy atom. The highest BCUT2D eigenvalue weighted by Crippen LogP contribution is 2.30. The monoisotopic (exact) mass is 460 g/mol. The van der Waals surface area contributed by atoms with Crippen molar-refractivity contribution in [2.45, 2.75) is 18.5 Å². The lowest BCUT2D eigenvalue weighted by Gasteiger charge is -2.45. The van der Waals surface area contributed by atoms with Gasteiger partial charge in [-0.3, -0.25) is 18.7 Å². The zero-order chi connectivity index (χ0) is 20.0. The highest BCUT2D eigenvalue weighted by Gasteiger charge is 2.48. The summed E-state index contributed by atoms with van der Waals surface area (Å²) in [7, 11) is 0. The smallest absolute Gasteiger partial charge is 0.341 e. The molecule has 146 valence electrons. The van der Waals surface area contributed by atoms with Gasteiger partial charge in [0, 0.05) is 10.9 Å². The molecule has 1 aliphatic rings. The second-order valence-corrected chi connectivity index (χ2v) is 7.15. The van der Waals surface area contributed by atoms with Crippen molar-refractivity contribution in [3.8, 4) is 5.75 Å². The van der Waals surface area contributed by atoms with Crippen molar-refractivity contribution in [2.75, 3.05) is 17.7 Å². The molecular weight excluding hydrogens is 444 g/mol. The molecule has 1 heterocycles. The number of phenols is 1. The Hall–Kier alpha value is -2.27. The number of aliphatic carboxylic acids is 1. The maximum absolute atomic E-state index is 12.2. The number of phenolic OH excluding ortho intramolecular Hbond substituents is 1. The number of carboxylic acids is 1. The molecule has 3 N–H and O–H groups in total. The Bertz CT molecular complexity index is 745. The standard InChI is InChI=1S/C16H17BrN2O7S/c17-6-10-15(18-12(21)5-9-3-1-2-4-11(9)20)16(25)19(10)27-8-14(24)26-7-13(22)23/h1-4,10,15,20H,5-8H2,(H,18,21)(H,22,23). The van der Waals surface area contributed by atoms with Crippen LogP contribution >= 0.6 is 27.9 Å². The molecule has 0 spiro atoms. The number of ether oxygens (including phenoxy) is 1. The van der Waals surface area contributed by atoms with Gasteiger partial charge in [0.15, 0.2) is 6.61 Å². The first-order chi connectivity index (χ1) is 12.8. The minimum absolute atomic E-state index is 0.00156. The van der Waals surface area contributed by atoms with Gasteiger partial charge in [0.1, 0.15) is 17.5 Å². The predicted molar refractivity (Wildman–Crippen MR) is 99.2 cm³/mol. The summed E-state index contributed by atoms with van der Waals surface area (Å²) in [6, 6.07) is 5.31. The Morgan fingerprint density at radius 2 is 2.00 bits per heavy atom. The molecular formula is C16H17BrN2O7S. The van der Waals surface area contributed by atoms with Gasteiger partial charge in [-0.05, 0) is 18.0 Å². The number of carboxylic acid groups (broad SMARTS) is 1. The summed E-state index contributed by atoms with van der Waals surface area (Å²) in [5.74, 6) is -3.02. The van der Waals surface area contributed by atoms with Gasteiger partial charge in [-0.2, -0.15) is 0 Å². The SMILES string of the molecule is O=C(O)COC(=O)CSN1C(=O)C(NC(=O)Cc2ccccc2O)C1CBr. The maximum atomic E-state index is 12.2. The zero-order valence-corrected chi connectivity index (χ0v) is 16.4. The first-order valence-corrected chi connectivity index (χ1v) is 9.85. The van der Waals surface area contributed by atoms with E-state index in [0.717, 1.165) is 11.9 Å². The number of para-hydroxylation sites is 1. The lowest BCUT2D eigenvalue weighted by Crippen LogP contribution is -2.69. The second-order valence-electron chi connectivity index (χ2n) is 5.56. The number of aromatic hydroxyl groups is 1. The minimum Gasteiger partial charge on any atom is -0.508 e. The van der Waals surface area contributed by atoms with Gasteiger partial charge in [-0.1, -0.05) is 34.1 Å². The average molecular weight is 461 g/mol.